The van der Waals surface area contributed by atoms with Crippen LogP contribution < -0.4 is 14.2 Å². The summed E-state index contributed by atoms with van der Waals surface area (Å²) in [4.78, 5) is 17.4. The summed E-state index contributed by atoms with van der Waals surface area (Å²) in [5.41, 5.74) is 4.03. The Hall–Kier alpha value is -3.84. The number of para-hydroxylation sites is 2. The maximum atomic E-state index is 12.8. The Balaban J connectivity index is 1.43. The number of benzene rings is 3. The fourth-order valence-electron chi connectivity index (χ4n) is 3.49. The molecule has 0 aliphatic carbocycles. The van der Waals surface area contributed by atoms with Crippen molar-refractivity contribution in [3.05, 3.63) is 94.5 Å². The molecule has 34 heavy (non-hydrogen) atoms. The van der Waals surface area contributed by atoms with E-state index < -0.39 is 5.97 Å². The number of nitrogens with zero attached hydrogens (tertiary/aromatic N) is 1. The molecular weight excluding hydrogens is 450 g/mol. The van der Waals surface area contributed by atoms with Gasteiger partial charge in [-0.15, -0.1) is 11.3 Å². The normalized spacial score (nSPS) is 10.6. The maximum Gasteiger partial charge on any atom is 0.342 e. The zero-order valence-electron chi connectivity index (χ0n) is 19.2. The van der Waals surface area contributed by atoms with Gasteiger partial charge in [-0.25, -0.2) is 9.78 Å². The summed E-state index contributed by atoms with van der Waals surface area (Å²) in [7, 11) is 3.19. The van der Waals surface area contributed by atoms with E-state index in [0.717, 1.165) is 21.7 Å². The average Bonchev–Trinajstić information content (AvgIpc) is 3.34. The molecule has 0 aliphatic rings. The van der Waals surface area contributed by atoms with Gasteiger partial charge in [-0.3, -0.25) is 0 Å². The molecule has 0 saturated carbocycles. The van der Waals surface area contributed by atoms with E-state index in [2.05, 4.69) is 11.1 Å². The predicted molar refractivity (Wildman–Crippen MR) is 132 cm³/mol. The van der Waals surface area contributed by atoms with Gasteiger partial charge in [0.25, 0.3) is 0 Å². The molecular formula is C27H25NO5S. The number of aryl methyl sites for hydroxylation is 1. The van der Waals surface area contributed by atoms with E-state index in [1.807, 2.05) is 54.8 Å². The van der Waals surface area contributed by atoms with Crippen molar-refractivity contribution in [3.8, 4) is 27.8 Å². The van der Waals surface area contributed by atoms with Gasteiger partial charge >= 0.3 is 5.97 Å². The fourth-order valence-corrected chi connectivity index (χ4v) is 4.32. The van der Waals surface area contributed by atoms with Crippen LogP contribution in [0.4, 0.5) is 0 Å². The lowest BCUT2D eigenvalue weighted by atomic mass is 10.1. The van der Waals surface area contributed by atoms with Crippen LogP contribution >= 0.6 is 11.3 Å². The molecule has 0 aliphatic heterocycles. The first-order valence-electron chi connectivity index (χ1n) is 10.7. The number of carbonyl (C=O) groups is 1. The number of esters is 1. The van der Waals surface area contributed by atoms with Crippen molar-refractivity contribution in [1.82, 2.24) is 4.98 Å². The summed E-state index contributed by atoms with van der Waals surface area (Å²) in [6.45, 7) is 2.45. The van der Waals surface area contributed by atoms with Crippen molar-refractivity contribution in [2.24, 2.45) is 0 Å². The highest BCUT2D eigenvalue weighted by atomic mass is 32.1. The standard InChI is InChI=1S/C27H25NO5S/c1-18-8-6-9-19(14-18)15-32-23-12-5-4-10-21(23)27(29)33-16-20-17-34-26(28-20)22-11-7-13-24(30-2)25(22)31-3/h4-14,17H,15-16H2,1-3H3. The molecule has 0 radical (unpaired) electrons. The summed E-state index contributed by atoms with van der Waals surface area (Å²) in [5.74, 6) is 1.26. The highest BCUT2D eigenvalue weighted by molar-refractivity contribution is 7.13. The molecule has 0 fully saturated rings. The summed E-state index contributed by atoms with van der Waals surface area (Å²) >= 11 is 1.45. The summed E-state index contributed by atoms with van der Waals surface area (Å²) in [6.07, 6.45) is 0. The average molecular weight is 476 g/mol. The third-order valence-corrected chi connectivity index (χ3v) is 6.04. The third kappa shape index (κ3) is 5.38. The van der Waals surface area contributed by atoms with Crippen LogP contribution in [0.3, 0.4) is 0 Å². The molecule has 7 heteroatoms. The van der Waals surface area contributed by atoms with Gasteiger partial charge in [-0.05, 0) is 36.8 Å². The monoisotopic (exact) mass is 475 g/mol. The predicted octanol–water partition coefficient (Wildman–Crippen LogP) is 6.07. The van der Waals surface area contributed by atoms with Crippen molar-refractivity contribution >= 4 is 17.3 Å². The number of hydrogen-bond acceptors (Lipinski definition) is 7. The maximum absolute atomic E-state index is 12.8. The second-order valence-electron chi connectivity index (χ2n) is 7.54. The Morgan fingerprint density at radius 2 is 1.71 bits per heavy atom. The third-order valence-electron chi connectivity index (χ3n) is 5.12. The summed E-state index contributed by atoms with van der Waals surface area (Å²) in [5, 5.41) is 2.62. The summed E-state index contributed by atoms with van der Waals surface area (Å²) < 4.78 is 22.3. The van der Waals surface area contributed by atoms with E-state index in [-0.39, 0.29) is 6.61 Å². The summed E-state index contributed by atoms with van der Waals surface area (Å²) in [6, 6.07) is 20.8. The van der Waals surface area contributed by atoms with Crippen LogP contribution in [0.1, 0.15) is 27.2 Å². The quantitative estimate of drug-likeness (QED) is 0.274. The number of ether oxygens (including phenoxy) is 4. The van der Waals surface area contributed by atoms with E-state index in [9.17, 15) is 4.79 Å². The highest BCUT2D eigenvalue weighted by Crippen LogP contribution is 2.39. The van der Waals surface area contributed by atoms with Crippen molar-refractivity contribution in [2.75, 3.05) is 14.2 Å². The molecule has 0 atom stereocenters. The zero-order chi connectivity index (χ0) is 23.9. The lowest BCUT2D eigenvalue weighted by Crippen LogP contribution is -2.08. The van der Waals surface area contributed by atoms with Crippen LogP contribution in [0.5, 0.6) is 17.2 Å². The lowest BCUT2D eigenvalue weighted by molar-refractivity contribution is 0.0463. The first kappa shape index (κ1) is 23.3. The van der Waals surface area contributed by atoms with E-state index in [0.29, 0.717) is 35.1 Å². The molecule has 1 heterocycles. The van der Waals surface area contributed by atoms with Crippen LogP contribution in [0, 0.1) is 6.92 Å². The minimum Gasteiger partial charge on any atom is -0.493 e. The minimum absolute atomic E-state index is 0.0494. The molecule has 0 unspecified atom stereocenters. The molecule has 0 saturated heterocycles. The molecule has 0 spiro atoms. The second-order valence-corrected chi connectivity index (χ2v) is 8.39. The van der Waals surface area contributed by atoms with E-state index in [1.54, 1.807) is 32.4 Å². The number of hydrogen-bond donors (Lipinski definition) is 0. The first-order valence-corrected chi connectivity index (χ1v) is 11.6. The number of aromatic nitrogens is 1. The number of rotatable bonds is 9. The fraction of sp³-hybridized carbons (Fsp3) is 0.185. The van der Waals surface area contributed by atoms with E-state index in [4.69, 9.17) is 18.9 Å². The molecule has 4 rings (SSSR count). The number of methoxy groups -OCH3 is 2. The van der Waals surface area contributed by atoms with Crippen molar-refractivity contribution < 1.29 is 23.7 Å². The molecule has 174 valence electrons. The Morgan fingerprint density at radius 3 is 2.50 bits per heavy atom. The molecule has 0 N–H and O–H groups in total. The Kier molecular flexibility index (Phi) is 7.44. The minimum atomic E-state index is -0.464. The van der Waals surface area contributed by atoms with Crippen LogP contribution in [0.15, 0.2) is 72.1 Å². The number of thiazole rings is 1. The number of carbonyl (C=O) groups excluding carboxylic acids is 1. The molecule has 4 aromatic rings. The Bertz CT molecular complexity index is 1280. The molecule has 0 amide bonds. The lowest BCUT2D eigenvalue weighted by Gasteiger charge is -2.11. The van der Waals surface area contributed by atoms with Gasteiger partial charge in [-0.1, -0.05) is 48.0 Å². The largest absolute Gasteiger partial charge is 0.493 e. The van der Waals surface area contributed by atoms with E-state index in [1.165, 1.54) is 11.3 Å². The smallest absolute Gasteiger partial charge is 0.342 e. The van der Waals surface area contributed by atoms with Crippen LogP contribution in [0.2, 0.25) is 0 Å². The van der Waals surface area contributed by atoms with Gasteiger partial charge in [-0.2, -0.15) is 0 Å². The van der Waals surface area contributed by atoms with Gasteiger partial charge in [0.1, 0.15) is 29.5 Å². The van der Waals surface area contributed by atoms with Gasteiger partial charge in [0, 0.05) is 5.38 Å². The van der Waals surface area contributed by atoms with Gasteiger partial charge in [0.15, 0.2) is 11.5 Å². The SMILES string of the molecule is COc1cccc(-c2nc(COC(=O)c3ccccc3OCc3cccc(C)c3)cs2)c1OC. The molecule has 1 aromatic heterocycles. The first-order chi connectivity index (χ1) is 16.6. The highest BCUT2D eigenvalue weighted by Gasteiger charge is 2.17. The van der Waals surface area contributed by atoms with Gasteiger partial charge in [0.05, 0.1) is 25.5 Å². The van der Waals surface area contributed by atoms with Crippen LogP contribution in [0.25, 0.3) is 10.6 Å². The zero-order valence-corrected chi connectivity index (χ0v) is 20.1. The van der Waals surface area contributed by atoms with Crippen molar-refractivity contribution in [3.63, 3.8) is 0 Å². The second kappa shape index (κ2) is 10.9. The Morgan fingerprint density at radius 1 is 0.912 bits per heavy atom. The van der Waals surface area contributed by atoms with Gasteiger partial charge < -0.3 is 18.9 Å². The topological polar surface area (TPSA) is 66.9 Å². The molecule has 6 nitrogen and oxygen atoms in total. The van der Waals surface area contributed by atoms with Crippen molar-refractivity contribution in [1.29, 1.82) is 0 Å². The van der Waals surface area contributed by atoms with Crippen molar-refractivity contribution in [2.45, 2.75) is 20.1 Å². The van der Waals surface area contributed by atoms with E-state index >= 15 is 0 Å². The Labute approximate surface area is 202 Å². The van der Waals surface area contributed by atoms with Gasteiger partial charge in [0.2, 0.25) is 0 Å². The van der Waals surface area contributed by atoms with Crippen LogP contribution in [-0.2, 0) is 18.0 Å². The van der Waals surface area contributed by atoms with Crippen LogP contribution in [-0.4, -0.2) is 25.2 Å². The molecule has 3 aromatic carbocycles. The molecule has 0 bridgehead atoms.